The molecule has 7 nitrogen and oxygen atoms in total. The van der Waals surface area contributed by atoms with Crippen molar-refractivity contribution in [3.63, 3.8) is 0 Å². The minimum atomic E-state index is -3.67. The first kappa shape index (κ1) is 20.7. The van der Waals surface area contributed by atoms with Crippen LogP contribution >= 0.6 is 0 Å². The van der Waals surface area contributed by atoms with Gasteiger partial charge in [-0.1, -0.05) is 12.1 Å². The average molecular weight is 429 g/mol. The molecule has 1 atom stereocenters. The van der Waals surface area contributed by atoms with E-state index in [0.717, 1.165) is 11.2 Å². The molecule has 0 spiro atoms. The molecule has 1 saturated heterocycles. The molecule has 8 heteroatoms. The molecule has 0 amide bonds. The third-order valence-electron chi connectivity index (χ3n) is 6.11. The van der Waals surface area contributed by atoms with Crippen LogP contribution in [0.25, 0.3) is 11.0 Å². The normalized spacial score (nSPS) is 18.3. The van der Waals surface area contributed by atoms with Gasteiger partial charge in [-0.15, -0.1) is 0 Å². The number of benzene rings is 2. The van der Waals surface area contributed by atoms with E-state index in [1.54, 1.807) is 42.0 Å². The highest BCUT2D eigenvalue weighted by Gasteiger charge is 2.33. The summed E-state index contributed by atoms with van der Waals surface area (Å²) in [4.78, 5) is 14.8. The smallest absolute Gasteiger partial charge is 0.328 e. The molecule has 2 aromatic carbocycles. The largest absolute Gasteiger partial charge is 0.366 e. The molecule has 1 aliphatic rings. The lowest BCUT2D eigenvalue weighted by Gasteiger charge is -2.40. The number of aromatic nitrogens is 2. The van der Waals surface area contributed by atoms with Gasteiger partial charge in [0.2, 0.25) is 10.0 Å². The van der Waals surface area contributed by atoms with Crippen LogP contribution in [-0.4, -0.2) is 47.5 Å². The summed E-state index contributed by atoms with van der Waals surface area (Å²) in [5.41, 5.74) is 4.15. The van der Waals surface area contributed by atoms with Gasteiger partial charge in [0.15, 0.2) is 0 Å². The molecule has 0 aliphatic carbocycles. The van der Waals surface area contributed by atoms with Crippen LogP contribution < -0.4 is 10.6 Å². The number of hydrogen-bond donors (Lipinski definition) is 0. The summed E-state index contributed by atoms with van der Waals surface area (Å²) < 4.78 is 31.6. The predicted octanol–water partition coefficient (Wildman–Crippen LogP) is 2.39. The van der Waals surface area contributed by atoms with Crippen molar-refractivity contribution in [2.45, 2.75) is 31.7 Å². The second-order valence-electron chi connectivity index (χ2n) is 8.25. The van der Waals surface area contributed by atoms with Crippen molar-refractivity contribution in [1.82, 2.24) is 13.4 Å². The van der Waals surface area contributed by atoms with Gasteiger partial charge in [-0.25, -0.2) is 13.2 Å². The Kier molecular flexibility index (Phi) is 5.02. The van der Waals surface area contributed by atoms with Gasteiger partial charge in [0.05, 0.1) is 15.9 Å². The van der Waals surface area contributed by atoms with E-state index in [2.05, 4.69) is 36.9 Å². The van der Waals surface area contributed by atoms with E-state index in [0.29, 0.717) is 30.7 Å². The number of imidazole rings is 1. The molecule has 3 aromatic rings. The summed E-state index contributed by atoms with van der Waals surface area (Å²) in [6.45, 7) is 7.38. The fourth-order valence-electron chi connectivity index (χ4n) is 4.38. The van der Waals surface area contributed by atoms with Crippen LogP contribution in [0.3, 0.4) is 0 Å². The zero-order chi connectivity index (χ0) is 21.8. The molecule has 160 valence electrons. The summed E-state index contributed by atoms with van der Waals surface area (Å²) in [7, 11) is -0.305. The molecule has 1 aromatic heterocycles. The van der Waals surface area contributed by atoms with Crippen LogP contribution in [0.2, 0.25) is 0 Å². The first-order chi connectivity index (χ1) is 14.1. The lowest BCUT2D eigenvalue weighted by molar-refractivity contribution is 0.342. The van der Waals surface area contributed by atoms with Crippen molar-refractivity contribution in [2.75, 3.05) is 24.5 Å². The quantitative estimate of drug-likeness (QED) is 0.643. The van der Waals surface area contributed by atoms with Crippen LogP contribution in [0, 0.1) is 13.8 Å². The number of hydrogen-bond acceptors (Lipinski definition) is 4. The SMILES string of the molecule is Cc1cccc(N2CCN(S(=O)(=O)c3cc4c(cc3C)n(C)c(=O)n4C)C[C@@H]2C)c1. The summed E-state index contributed by atoms with van der Waals surface area (Å²) >= 11 is 0. The van der Waals surface area contributed by atoms with Crippen molar-refractivity contribution in [2.24, 2.45) is 14.1 Å². The Hall–Kier alpha value is -2.58. The molecule has 1 aliphatic heterocycles. The maximum Gasteiger partial charge on any atom is 0.328 e. The van der Waals surface area contributed by atoms with Crippen LogP contribution in [0.4, 0.5) is 5.69 Å². The zero-order valence-electron chi connectivity index (χ0n) is 18.1. The molecule has 0 radical (unpaired) electrons. The van der Waals surface area contributed by atoms with Gasteiger partial charge in [0, 0.05) is 45.5 Å². The third kappa shape index (κ3) is 3.24. The Labute approximate surface area is 177 Å². The van der Waals surface area contributed by atoms with Crippen molar-refractivity contribution in [1.29, 1.82) is 0 Å². The zero-order valence-corrected chi connectivity index (χ0v) is 18.9. The molecule has 0 saturated carbocycles. The lowest BCUT2D eigenvalue weighted by atomic mass is 10.1. The Morgan fingerprint density at radius 1 is 0.967 bits per heavy atom. The van der Waals surface area contributed by atoms with Crippen molar-refractivity contribution in [3.05, 3.63) is 58.0 Å². The summed E-state index contributed by atoms with van der Waals surface area (Å²) in [5, 5.41) is 0. The van der Waals surface area contributed by atoms with Crippen LogP contribution in [0.1, 0.15) is 18.1 Å². The van der Waals surface area contributed by atoms with Crippen molar-refractivity contribution >= 4 is 26.7 Å². The monoisotopic (exact) mass is 428 g/mol. The van der Waals surface area contributed by atoms with Gasteiger partial charge in [-0.2, -0.15) is 4.31 Å². The molecule has 4 rings (SSSR count). The molecule has 0 unspecified atom stereocenters. The van der Waals surface area contributed by atoms with Crippen LogP contribution in [-0.2, 0) is 24.1 Å². The number of fused-ring (bicyclic) bond motifs is 1. The van der Waals surface area contributed by atoms with E-state index < -0.39 is 10.0 Å². The number of rotatable bonds is 3. The summed E-state index contributed by atoms with van der Waals surface area (Å²) in [6.07, 6.45) is 0. The Morgan fingerprint density at radius 2 is 1.63 bits per heavy atom. The van der Waals surface area contributed by atoms with Crippen molar-refractivity contribution < 1.29 is 8.42 Å². The molecule has 0 N–H and O–H groups in total. The molecule has 30 heavy (non-hydrogen) atoms. The predicted molar refractivity (Wildman–Crippen MR) is 120 cm³/mol. The van der Waals surface area contributed by atoms with Gasteiger partial charge in [0.25, 0.3) is 0 Å². The van der Waals surface area contributed by atoms with E-state index in [-0.39, 0.29) is 16.6 Å². The standard InChI is InChI=1S/C22H28N4O3S/c1-15-7-6-8-18(11-15)26-10-9-25(14-17(26)3)30(28,29)21-13-20-19(12-16(21)2)23(4)22(27)24(20)5/h6-8,11-13,17H,9-10,14H2,1-5H3/t17-/m0/s1. The highest BCUT2D eigenvalue weighted by atomic mass is 32.2. The number of piperazine rings is 1. The fraction of sp³-hybridized carbons (Fsp3) is 0.409. The van der Waals surface area contributed by atoms with E-state index in [1.165, 1.54) is 10.1 Å². The summed E-state index contributed by atoms with van der Waals surface area (Å²) in [5.74, 6) is 0. The second-order valence-corrected chi connectivity index (χ2v) is 10.2. The molecular weight excluding hydrogens is 400 g/mol. The first-order valence-electron chi connectivity index (χ1n) is 10.1. The highest BCUT2D eigenvalue weighted by molar-refractivity contribution is 7.89. The number of anilines is 1. The van der Waals surface area contributed by atoms with Gasteiger partial charge in [0.1, 0.15) is 0 Å². The molecule has 2 heterocycles. The Bertz CT molecular complexity index is 1290. The van der Waals surface area contributed by atoms with E-state index in [4.69, 9.17) is 0 Å². The Balaban J connectivity index is 1.67. The second kappa shape index (κ2) is 7.28. The maximum atomic E-state index is 13.5. The average Bonchev–Trinajstić information content (AvgIpc) is 2.91. The minimum Gasteiger partial charge on any atom is -0.366 e. The van der Waals surface area contributed by atoms with Gasteiger partial charge < -0.3 is 4.90 Å². The molecular formula is C22H28N4O3S. The number of nitrogens with zero attached hydrogens (tertiary/aromatic N) is 4. The first-order valence-corrected chi connectivity index (χ1v) is 11.5. The van der Waals surface area contributed by atoms with Gasteiger partial charge in [-0.3, -0.25) is 9.13 Å². The summed E-state index contributed by atoms with van der Waals surface area (Å²) in [6, 6.07) is 11.8. The van der Waals surface area contributed by atoms with Gasteiger partial charge in [-0.05, 0) is 56.2 Å². The van der Waals surface area contributed by atoms with E-state index in [1.807, 2.05) is 6.07 Å². The highest BCUT2D eigenvalue weighted by Crippen LogP contribution is 2.28. The van der Waals surface area contributed by atoms with E-state index in [9.17, 15) is 13.2 Å². The third-order valence-corrected chi connectivity index (χ3v) is 8.12. The van der Waals surface area contributed by atoms with Crippen LogP contribution in [0.5, 0.6) is 0 Å². The van der Waals surface area contributed by atoms with Crippen LogP contribution in [0.15, 0.2) is 46.1 Å². The molecule has 1 fully saturated rings. The van der Waals surface area contributed by atoms with Crippen molar-refractivity contribution in [3.8, 4) is 0 Å². The van der Waals surface area contributed by atoms with E-state index >= 15 is 0 Å². The topological polar surface area (TPSA) is 67.6 Å². The number of sulfonamides is 1. The Morgan fingerprint density at radius 3 is 2.27 bits per heavy atom. The lowest BCUT2D eigenvalue weighted by Crippen LogP contribution is -2.53. The molecule has 0 bridgehead atoms. The number of aryl methyl sites for hydroxylation is 4. The fourth-order valence-corrected chi connectivity index (χ4v) is 6.12. The minimum absolute atomic E-state index is 0.0560. The maximum absolute atomic E-state index is 13.5. The van der Waals surface area contributed by atoms with Gasteiger partial charge >= 0.3 is 5.69 Å².